The Bertz CT molecular complexity index is 717. The Morgan fingerprint density at radius 1 is 1.19 bits per heavy atom. The number of carbonyl (C=O) groups excluding carboxylic acids is 2. The molecule has 0 saturated carbocycles. The van der Waals surface area contributed by atoms with Gasteiger partial charge in [0.1, 0.15) is 11.8 Å². The summed E-state index contributed by atoms with van der Waals surface area (Å²) >= 11 is 0. The van der Waals surface area contributed by atoms with E-state index in [-0.39, 0.29) is 24.9 Å². The standard InChI is InChI=1S/C18H24N4O4/c1-3-26-16(11-21-18(25)14-9-19-12-22(14)2)15(23)10-20-17(24)13-7-5-4-6-8-13/h4-9,12,15-16,23H,3,10-11H2,1-2H3,(H,20,24)(H,21,25)/t15-,16+/m0/s1. The summed E-state index contributed by atoms with van der Waals surface area (Å²) in [5.74, 6) is -0.589. The van der Waals surface area contributed by atoms with Crippen molar-refractivity contribution in [2.75, 3.05) is 19.7 Å². The van der Waals surface area contributed by atoms with E-state index in [1.165, 1.54) is 12.5 Å². The van der Waals surface area contributed by atoms with Crippen molar-refractivity contribution >= 4 is 11.8 Å². The minimum atomic E-state index is -0.963. The third-order valence-electron chi connectivity index (χ3n) is 3.83. The van der Waals surface area contributed by atoms with Gasteiger partial charge in [0, 0.05) is 32.3 Å². The first-order chi connectivity index (χ1) is 12.5. The van der Waals surface area contributed by atoms with E-state index in [9.17, 15) is 14.7 Å². The largest absolute Gasteiger partial charge is 0.388 e. The average molecular weight is 360 g/mol. The lowest BCUT2D eigenvalue weighted by molar-refractivity contribution is -0.0287. The third kappa shape index (κ3) is 5.40. The lowest BCUT2D eigenvalue weighted by Gasteiger charge is -2.23. The first kappa shape index (κ1) is 19.6. The Hall–Kier alpha value is -2.71. The molecular formula is C18H24N4O4. The number of rotatable bonds is 9. The van der Waals surface area contributed by atoms with E-state index in [2.05, 4.69) is 15.6 Å². The van der Waals surface area contributed by atoms with Gasteiger partial charge in [0.15, 0.2) is 0 Å². The molecule has 0 spiro atoms. The molecule has 0 unspecified atom stereocenters. The van der Waals surface area contributed by atoms with Crippen LogP contribution in [0.2, 0.25) is 0 Å². The van der Waals surface area contributed by atoms with E-state index in [0.717, 1.165) is 0 Å². The molecule has 0 bridgehead atoms. The molecule has 8 nitrogen and oxygen atoms in total. The predicted octanol–water partition coefficient (Wildman–Crippen LogP) is 0.346. The molecule has 1 aromatic heterocycles. The topological polar surface area (TPSA) is 105 Å². The maximum absolute atomic E-state index is 12.1. The first-order valence-electron chi connectivity index (χ1n) is 8.40. The van der Waals surface area contributed by atoms with Crippen molar-refractivity contribution in [3.63, 3.8) is 0 Å². The van der Waals surface area contributed by atoms with Crippen molar-refractivity contribution in [3.8, 4) is 0 Å². The molecule has 2 rings (SSSR count). The molecule has 1 aromatic carbocycles. The fraction of sp³-hybridized carbons (Fsp3) is 0.389. The zero-order valence-electron chi connectivity index (χ0n) is 14.9. The lowest BCUT2D eigenvalue weighted by atomic mass is 10.1. The Balaban J connectivity index is 1.86. The number of imidazole rings is 1. The number of aliphatic hydroxyl groups is 1. The number of aromatic nitrogens is 2. The van der Waals surface area contributed by atoms with Gasteiger partial charge in [-0.2, -0.15) is 0 Å². The Labute approximate surface area is 152 Å². The highest BCUT2D eigenvalue weighted by Crippen LogP contribution is 2.02. The Kier molecular flexibility index (Phi) is 7.31. The van der Waals surface area contributed by atoms with Gasteiger partial charge in [-0.3, -0.25) is 9.59 Å². The number of benzene rings is 1. The van der Waals surface area contributed by atoms with Crippen LogP contribution in [-0.2, 0) is 11.8 Å². The fourth-order valence-corrected chi connectivity index (χ4v) is 2.40. The molecule has 2 amide bonds. The van der Waals surface area contributed by atoms with Crippen LogP contribution in [-0.4, -0.2) is 58.4 Å². The van der Waals surface area contributed by atoms with Gasteiger partial charge in [-0.25, -0.2) is 4.98 Å². The molecule has 3 N–H and O–H groups in total. The van der Waals surface area contributed by atoms with Crippen LogP contribution in [0.4, 0.5) is 0 Å². The molecule has 140 valence electrons. The van der Waals surface area contributed by atoms with Crippen LogP contribution in [0, 0.1) is 0 Å². The zero-order valence-corrected chi connectivity index (χ0v) is 14.9. The highest BCUT2D eigenvalue weighted by Gasteiger charge is 2.22. The van der Waals surface area contributed by atoms with E-state index in [1.54, 1.807) is 42.8 Å². The summed E-state index contributed by atoms with van der Waals surface area (Å²) in [5.41, 5.74) is 0.921. The number of hydrogen-bond donors (Lipinski definition) is 3. The van der Waals surface area contributed by atoms with E-state index in [0.29, 0.717) is 17.9 Å². The molecule has 2 atom stereocenters. The van der Waals surface area contributed by atoms with Crippen LogP contribution in [0.15, 0.2) is 42.9 Å². The van der Waals surface area contributed by atoms with Crippen LogP contribution >= 0.6 is 0 Å². The van der Waals surface area contributed by atoms with Gasteiger partial charge in [0.2, 0.25) is 0 Å². The quantitative estimate of drug-likeness (QED) is 0.598. The molecular weight excluding hydrogens is 336 g/mol. The average Bonchev–Trinajstić information content (AvgIpc) is 3.09. The summed E-state index contributed by atoms with van der Waals surface area (Å²) in [6.45, 7) is 2.29. The minimum absolute atomic E-state index is 0.0139. The monoisotopic (exact) mass is 360 g/mol. The van der Waals surface area contributed by atoms with E-state index >= 15 is 0 Å². The summed E-state index contributed by atoms with van der Waals surface area (Å²) in [6, 6.07) is 8.73. The first-order valence-corrected chi connectivity index (χ1v) is 8.40. The number of hydrogen-bond acceptors (Lipinski definition) is 5. The third-order valence-corrected chi connectivity index (χ3v) is 3.83. The summed E-state index contributed by atoms with van der Waals surface area (Å²) in [6.07, 6.45) is 1.38. The van der Waals surface area contributed by atoms with Crippen molar-refractivity contribution in [1.29, 1.82) is 0 Å². The Morgan fingerprint density at radius 2 is 1.88 bits per heavy atom. The zero-order chi connectivity index (χ0) is 18.9. The van der Waals surface area contributed by atoms with Crippen molar-refractivity contribution < 1.29 is 19.4 Å². The number of nitrogens with zero attached hydrogens (tertiary/aromatic N) is 2. The van der Waals surface area contributed by atoms with Crippen molar-refractivity contribution in [2.24, 2.45) is 7.05 Å². The number of ether oxygens (including phenoxy) is 1. The molecule has 0 aliphatic heterocycles. The van der Waals surface area contributed by atoms with Crippen molar-refractivity contribution in [2.45, 2.75) is 19.1 Å². The molecule has 26 heavy (non-hydrogen) atoms. The second kappa shape index (κ2) is 9.69. The van der Waals surface area contributed by atoms with Gasteiger partial charge in [-0.05, 0) is 19.1 Å². The van der Waals surface area contributed by atoms with E-state index in [4.69, 9.17) is 4.74 Å². The van der Waals surface area contributed by atoms with Crippen LogP contribution in [0.1, 0.15) is 27.8 Å². The van der Waals surface area contributed by atoms with Gasteiger partial charge in [0.25, 0.3) is 11.8 Å². The van der Waals surface area contributed by atoms with Gasteiger partial charge in [0.05, 0.1) is 18.6 Å². The highest BCUT2D eigenvalue weighted by atomic mass is 16.5. The second-order valence-corrected chi connectivity index (χ2v) is 5.74. The molecule has 8 heteroatoms. The summed E-state index contributed by atoms with van der Waals surface area (Å²) < 4.78 is 7.10. The molecule has 0 aliphatic rings. The van der Waals surface area contributed by atoms with Crippen LogP contribution in [0.25, 0.3) is 0 Å². The molecule has 0 radical (unpaired) electrons. The number of nitrogens with one attached hydrogen (secondary N) is 2. The molecule has 0 aliphatic carbocycles. The number of carbonyl (C=O) groups is 2. The maximum Gasteiger partial charge on any atom is 0.269 e. The van der Waals surface area contributed by atoms with Crippen LogP contribution in [0.5, 0.6) is 0 Å². The molecule has 0 saturated heterocycles. The summed E-state index contributed by atoms with van der Waals surface area (Å²) in [5, 5.41) is 15.7. The highest BCUT2D eigenvalue weighted by molar-refractivity contribution is 5.94. The minimum Gasteiger partial charge on any atom is -0.388 e. The van der Waals surface area contributed by atoms with Crippen LogP contribution < -0.4 is 10.6 Å². The van der Waals surface area contributed by atoms with Crippen LogP contribution in [0.3, 0.4) is 0 Å². The van der Waals surface area contributed by atoms with Gasteiger partial charge >= 0.3 is 0 Å². The molecule has 1 heterocycles. The molecule has 2 aromatic rings. The predicted molar refractivity (Wildman–Crippen MR) is 95.7 cm³/mol. The molecule has 0 fully saturated rings. The van der Waals surface area contributed by atoms with Gasteiger partial charge < -0.3 is 25.0 Å². The Morgan fingerprint density at radius 3 is 2.50 bits per heavy atom. The second-order valence-electron chi connectivity index (χ2n) is 5.74. The SMILES string of the molecule is CCO[C@H](CNC(=O)c1cncn1C)[C@@H](O)CNC(=O)c1ccccc1. The van der Waals surface area contributed by atoms with E-state index in [1.807, 2.05) is 6.07 Å². The van der Waals surface area contributed by atoms with Gasteiger partial charge in [-0.1, -0.05) is 18.2 Å². The smallest absolute Gasteiger partial charge is 0.269 e. The van der Waals surface area contributed by atoms with Crippen molar-refractivity contribution in [3.05, 3.63) is 54.1 Å². The van der Waals surface area contributed by atoms with Crippen molar-refractivity contribution in [1.82, 2.24) is 20.2 Å². The van der Waals surface area contributed by atoms with E-state index < -0.39 is 12.2 Å². The summed E-state index contributed by atoms with van der Waals surface area (Å²) in [7, 11) is 1.72. The fourth-order valence-electron chi connectivity index (χ4n) is 2.40. The normalized spacial score (nSPS) is 13.0. The number of aryl methyl sites for hydroxylation is 1. The summed E-state index contributed by atoms with van der Waals surface area (Å²) in [4.78, 5) is 28.1. The maximum atomic E-state index is 12.1. The lowest BCUT2D eigenvalue weighted by Crippen LogP contribution is -2.46. The number of amides is 2. The van der Waals surface area contributed by atoms with Gasteiger partial charge in [-0.15, -0.1) is 0 Å². The number of aliphatic hydroxyl groups excluding tert-OH is 1.